The molecule has 1 atom stereocenters. The standard InChI is InChI=1S/C14H22N2/c1-11(12-6-5-7-13(15)10-12)16(2)14-8-3-4-9-14/h5-7,10-11,14H,3-4,8-9,15H2,1-2H3. The lowest BCUT2D eigenvalue weighted by atomic mass is 10.0. The summed E-state index contributed by atoms with van der Waals surface area (Å²) in [6, 6.07) is 9.49. The number of benzene rings is 1. The molecule has 0 bridgehead atoms. The molecule has 1 saturated carbocycles. The third-order valence-corrected chi connectivity index (χ3v) is 3.90. The molecule has 2 N–H and O–H groups in total. The maximum absolute atomic E-state index is 5.83. The molecule has 88 valence electrons. The predicted octanol–water partition coefficient (Wildman–Crippen LogP) is 3.20. The lowest BCUT2D eigenvalue weighted by Crippen LogP contribution is -2.31. The van der Waals surface area contributed by atoms with E-state index in [4.69, 9.17) is 5.73 Å². The van der Waals surface area contributed by atoms with Crippen LogP contribution in [-0.2, 0) is 0 Å². The molecular formula is C14H22N2. The van der Waals surface area contributed by atoms with Crippen molar-refractivity contribution in [1.82, 2.24) is 4.90 Å². The topological polar surface area (TPSA) is 29.3 Å². The molecule has 1 aliphatic rings. The van der Waals surface area contributed by atoms with Gasteiger partial charge >= 0.3 is 0 Å². The largest absolute Gasteiger partial charge is 0.399 e. The molecule has 0 radical (unpaired) electrons. The Morgan fingerprint density at radius 2 is 2.00 bits per heavy atom. The second-order valence-corrected chi connectivity index (χ2v) is 4.95. The van der Waals surface area contributed by atoms with E-state index in [9.17, 15) is 0 Å². The summed E-state index contributed by atoms with van der Waals surface area (Å²) >= 11 is 0. The fourth-order valence-electron chi connectivity index (χ4n) is 2.68. The van der Waals surface area contributed by atoms with Gasteiger partial charge in [-0.3, -0.25) is 4.90 Å². The van der Waals surface area contributed by atoms with Gasteiger partial charge in [-0.25, -0.2) is 0 Å². The van der Waals surface area contributed by atoms with Crippen LogP contribution in [0.15, 0.2) is 24.3 Å². The zero-order valence-corrected chi connectivity index (χ0v) is 10.3. The van der Waals surface area contributed by atoms with Crippen molar-refractivity contribution in [3.8, 4) is 0 Å². The summed E-state index contributed by atoms with van der Waals surface area (Å²) in [5.41, 5.74) is 8.02. The highest BCUT2D eigenvalue weighted by Gasteiger charge is 2.23. The first kappa shape index (κ1) is 11.5. The molecule has 0 heterocycles. The van der Waals surface area contributed by atoms with E-state index in [-0.39, 0.29) is 0 Å². The minimum Gasteiger partial charge on any atom is -0.399 e. The van der Waals surface area contributed by atoms with Crippen molar-refractivity contribution in [1.29, 1.82) is 0 Å². The molecule has 0 spiro atoms. The van der Waals surface area contributed by atoms with E-state index < -0.39 is 0 Å². The van der Waals surface area contributed by atoms with Crippen molar-refractivity contribution in [2.24, 2.45) is 0 Å². The highest BCUT2D eigenvalue weighted by molar-refractivity contribution is 5.41. The minimum absolute atomic E-state index is 0.464. The maximum atomic E-state index is 5.83. The molecule has 1 aromatic rings. The molecule has 2 rings (SSSR count). The van der Waals surface area contributed by atoms with E-state index in [1.54, 1.807) is 0 Å². The smallest absolute Gasteiger partial charge is 0.0320 e. The molecule has 16 heavy (non-hydrogen) atoms. The normalized spacial score (nSPS) is 19.2. The average Bonchev–Trinajstić information content (AvgIpc) is 2.80. The van der Waals surface area contributed by atoms with E-state index in [0.717, 1.165) is 11.7 Å². The van der Waals surface area contributed by atoms with Crippen LogP contribution in [0.3, 0.4) is 0 Å². The first-order valence-corrected chi connectivity index (χ1v) is 6.26. The van der Waals surface area contributed by atoms with Crippen LogP contribution in [0, 0.1) is 0 Å². The van der Waals surface area contributed by atoms with Gasteiger partial charge in [0.25, 0.3) is 0 Å². The van der Waals surface area contributed by atoms with Gasteiger partial charge in [0.1, 0.15) is 0 Å². The fraction of sp³-hybridized carbons (Fsp3) is 0.571. The zero-order chi connectivity index (χ0) is 11.5. The Balaban J connectivity index is 2.08. The number of nitrogens with zero attached hydrogens (tertiary/aromatic N) is 1. The van der Waals surface area contributed by atoms with Crippen molar-refractivity contribution in [2.45, 2.75) is 44.7 Å². The second kappa shape index (κ2) is 4.88. The van der Waals surface area contributed by atoms with E-state index in [2.05, 4.69) is 31.0 Å². The quantitative estimate of drug-likeness (QED) is 0.789. The summed E-state index contributed by atoms with van der Waals surface area (Å²) < 4.78 is 0. The number of rotatable bonds is 3. The minimum atomic E-state index is 0.464. The number of nitrogens with two attached hydrogens (primary N) is 1. The van der Waals surface area contributed by atoms with Crippen LogP contribution in [0.25, 0.3) is 0 Å². The first-order chi connectivity index (χ1) is 7.68. The molecule has 1 fully saturated rings. The van der Waals surface area contributed by atoms with E-state index in [1.807, 2.05) is 12.1 Å². The maximum Gasteiger partial charge on any atom is 0.0320 e. The summed E-state index contributed by atoms with van der Waals surface area (Å²) in [5.74, 6) is 0. The van der Waals surface area contributed by atoms with Gasteiger partial charge in [-0.1, -0.05) is 25.0 Å². The highest BCUT2D eigenvalue weighted by atomic mass is 15.2. The van der Waals surface area contributed by atoms with Gasteiger partial charge in [0.2, 0.25) is 0 Å². The molecule has 0 amide bonds. The van der Waals surface area contributed by atoms with Crippen LogP contribution in [0.4, 0.5) is 5.69 Å². The molecule has 2 nitrogen and oxygen atoms in total. The Kier molecular flexibility index (Phi) is 3.49. The van der Waals surface area contributed by atoms with E-state index in [1.165, 1.54) is 31.2 Å². The van der Waals surface area contributed by atoms with E-state index >= 15 is 0 Å². The number of hydrogen-bond acceptors (Lipinski definition) is 2. The third-order valence-electron chi connectivity index (χ3n) is 3.90. The van der Waals surface area contributed by atoms with Gasteiger partial charge < -0.3 is 5.73 Å². The molecule has 1 unspecified atom stereocenters. The molecule has 0 saturated heterocycles. The second-order valence-electron chi connectivity index (χ2n) is 4.95. The Morgan fingerprint density at radius 3 is 2.62 bits per heavy atom. The van der Waals surface area contributed by atoms with Crippen LogP contribution in [0.2, 0.25) is 0 Å². The Hall–Kier alpha value is -1.02. The molecule has 1 aromatic carbocycles. The van der Waals surface area contributed by atoms with Gasteiger partial charge in [-0.05, 0) is 44.5 Å². The monoisotopic (exact) mass is 218 g/mol. The Morgan fingerprint density at radius 1 is 1.31 bits per heavy atom. The Bertz CT molecular complexity index is 342. The van der Waals surface area contributed by atoms with Crippen molar-refractivity contribution < 1.29 is 0 Å². The summed E-state index contributed by atoms with van der Waals surface area (Å²) in [6.45, 7) is 2.27. The summed E-state index contributed by atoms with van der Waals surface area (Å²) in [5, 5.41) is 0. The van der Waals surface area contributed by atoms with Crippen LogP contribution in [-0.4, -0.2) is 18.0 Å². The zero-order valence-electron chi connectivity index (χ0n) is 10.3. The van der Waals surface area contributed by atoms with Gasteiger partial charge in [0.05, 0.1) is 0 Å². The van der Waals surface area contributed by atoms with Gasteiger partial charge in [0.15, 0.2) is 0 Å². The number of nitrogen functional groups attached to an aromatic ring is 1. The Labute approximate surface area is 98.4 Å². The highest BCUT2D eigenvalue weighted by Crippen LogP contribution is 2.29. The molecule has 0 aromatic heterocycles. The van der Waals surface area contributed by atoms with Gasteiger partial charge in [0, 0.05) is 17.8 Å². The van der Waals surface area contributed by atoms with Crippen molar-refractivity contribution in [3.05, 3.63) is 29.8 Å². The van der Waals surface area contributed by atoms with Crippen molar-refractivity contribution in [2.75, 3.05) is 12.8 Å². The van der Waals surface area contributed by atoms with E-state index in [0.29, 0.717) is 6.04 Å². The molecule has 0 aliphatic heterocycles. The number of hydrogen-bond donors (Lipinski definition) is 1. The fourth-order valence-corrected chi connectivity index (χ4v) is 2.68. The summed E-state index contributed by atoms with van der Waals surface area (Å²) in [4.78, 5) is 2.50. The average molecular weight is 218 g/mol. The van der Waals surface area contributed by atoms with Gasteiger partial charge in [-0.15, -0.1) is 0 Å². The third kappa shape index (κ3) is 2.38. The molecule has 1 aliphatic carbocycles. The van der Waals surface area contributed by atoms with Crippen LogP contribution in [0.5, 0.6) is 0 Å². The molecule has 2 heteroatoms. The van der Waals surface area contributed by atoms with Crippen LogP contribution in [0.1, 0.15) is 44.2 Å². The summed E-state index contributed by atoms with van der Waals surface area (Å²) in [7, 11) is 2.24. The predicted molar refractivity (Wildman–Crippen MR) is 69.3 cm³/mol. The first-order valence-electron chi connectivity index (χ1n) is 6.26. The number of anilines is 1. The summed E-state index contributed by atoms with van der Waals surface area (Å²) in [6.07, 6.45) is 5.48. The SMILES string of the molecule is CC(c1cccc(N)c1)N(C)C1CCCC1. The van der Waals surface area contributed by atoms with Gasteiger partial charge in [-0.2, -0.15) is 0 Å². The van der Waals surface area contributed by atoms with Crippen molar-refractivity contribution in [3.63, 3.8) is 0 Å². The van der Waals surface area contributed by atoms with Crippen molar-refractivity contribution >= 4 is 5.69 Å². The lowest BCUT2D eigenvalue weighted by Gasteiger charge is -2.31. The van der Waals surface area contributed by atoms with Crippen LogP contribution >= 0.6 is 0 Å². The lowest BCUT2D eigenvalue weighted by molar-refractivity contribution is 0.187. The molecular weight excluding hydrogens is 196 g/mol. The van der Waals surface area contributed by atoms with Crippen LogP contribution < -0.4 is 5.73 Å².